The summed E-state index contributed by atoms with van der Waals surface area (Å²) < 4.78 is 0. The highest BCUT2D eigenvalue weighted by Gasteiger charge is 2.50. The second-order valence-corrected chi connectivity index (χ2v) is 6.91. The van der Waals surface area contributed by atoms with Crippen LogP contribution in [0.25, 0.3) is 0 Å². The van der Waals surface area contributed by atoms with Gasteiger partial charge in [-0.25, -0.2) is 0 Å². The lowest BCUT2D eigenvalue weighted by atomic mass is 9.48. The van der Waals surface area contributed by atoms with Crippen LogP contribution < -0.4 is 5.73 Å². The lowest BCUT2D eigenvalue weighted by Gasteiger charge is -2.57. The topological polar surface area (TPSA) is 26.0 Å². The zero-order valence-corrected chi connectivity index (χ0v) is 10.2. The Labute approximate surface area is 97.8 Å². The third-order valence-electron chi connectivity index (χ3n) is 5.07. The van der Waals surface area contributed by atoms with Crippen molar-refractivity contribution in [2.45, 2.75) is 51.4 Å². The molecule has 0 atom stereocenters. The largest absolute Gasteiger partial charge is 0.393 e. The summed E-state index contributed by atoms with van der Waals surface area (Å²) in [6, 6.07) is 0. The smallest absolute Gasteiger partial charge is 0.0727 e. The van der Waals surface area contributed by atoms with Gasteiger partial charge in [0.2, 0.25) is 0 Å². The molecule has 0 unspecified atom stereocenters. The lowest BCUT2D eigenvalue weighted by molar-refractivity contribution is -0.0560. The van der Waals surface area contributed by atoms with E-state index in [4.69, 9.17) is 18.0 Å². The molecule has 0 aromatic heterocycles. The normalized spacial score (nSPS) is 47.1. The first-order valence-electron chi connectivity index (χ1n) is 6.43. The molecule has 1 nitrogen and oxygen atoms in total. The maximum atomic E-state index is 5.65. The molecule has 4 aliphatic carbocycles. The van der Waals surface area contributed by atoms with Gasteiger partial charge in [0.05, 0.1) is 4.99 Å². The molecule has 4 fully saturated rings. The Morgan fingerprint density at radius 2 is 1.53 bits per heavy atom. The minimum absolute atomic E-state index is 0.665. The molecule has 2 heteroatoms. The standard InChI is InChI=1S/C13H21NS/c14-12(15)1-2-13-6-9-3-10(7-13)5-11(4-9)8-13/h9-11H,1-8H2,(H2,14,15). The quantitative estimate of drug-likeness (QED) is 0.743. The molecule has 0 spiro atoms. The third kappa shape index (κ3) is 1.82. The van der Waals surface area contributed by atoms with Gasteiger partial charge in [-0.15, -0.1) is 0 Å². The Balaban J connectivity index is 1.72. The van der Waals surface area contributed by atoms with Crippen LogP contribution in [-0.4, -0.2) is 4.99 Å². The number of rotatable bonds is 3. The van der Waals surface area contributed by atoms with Crippen LogP contribution in [0.1, 0.15) is 51.4 Å². The maximum absolute atomic E-state index is 5.65. The molecule has 4 saturated carbocycles. The summed E-state index contributed by atoms with van der Waals surface area (Å²) in [5.74, 6) is 3.17. The van der Waals surface area contributed by atoms with E-state index in [1.54, 1.807) is 0 Å². The van der Waals surface area contributed by atoms with Crippen molar-refractivity contribution in [1.29, 1.82) is 0 Å². The second kappa shape index (κ2) is 3.44. The Hall–Kier alpha value is -0.110. The molecule has 15 heavy (non-hydrogen) atoms. The molecule has 0 saturated heterocycles. The van der Waals surface area contributed by atoms with Gasteiger partial charge in [-0.3, -0.25) is 0 Å². The van der Waals surface area contributed by atoms with Crippen LogP contribution in [-0.2, 0) is 0 Å². The number of thiocarbonyl (C=S) groups is 1. The van der Waals surface area contributed by atoms with Crippen molar-refractivity contribution >= 4 is 17.2 Å². The van der Waals surface area contributed by atoms with Crippen molar-refractivity contribution < 1.29 is 0 Å². The van der Waals surface area contributed by atoms with Gasteiger partial charge in [0.15, 0.2) is 0 Å². The van der Waals surface area contributed by atoms with Crippen LogP contribution >= 0.6 is 12.2 Å². The van der Waals surface area contributed by atoms with E-state index in [1.807, 2.05) is 0 Å². The molecular formula is C13H21NS. The minimum Gasteiger partial charge on any atom is -0.393 e. The maximum Gasteiger partial charge on any atom is 0.0727 e. The van der Waals surface area contributed by atoms with E-state index < -0.39 is 0 Å². The highest BCUT2D eigenvalue weighted by atomic mass is 32.1. The molecule has 84 valence electrons. The fraction of sp³-hybridized carbons (Fsp3) is 0.923. The average molecular weight is 223 g/mol. The summed E-state index contributed by atoms with van der Waals surface area (Å²) >= 11 is 5.03. The van der Waals surface area contributed by atoms with E-state index in [9.17, 15) is 0 Å². The molecule has 4 bridgehead atoms. The van der Waals surface area contributed by atoms with Crippen LogP contribution in [0.2, 0.25) is 0 Å². The number of hydrogen-bond donors (Lipinski definition) is 1. The van der Waals surface area contributed by atoms with Gasteiger partial charge in [-0.1, -0.05) is 12.2 Å². The van der Waals surface area contributed by atoms with Gasteiger partial charge in [0.25, 0.3) is 0 Å². The van der Waals surface area contributed by atoms with E-state index >= 15 is 0 Å². The highest BCUT2D eigenvalue weighted by molar-refractivity contribution is 7.80. The summed E-state index contributed by atoms with van der Waals surface area (Å²) in [6.45, 7) is 0. The summed E-state index contributed by atoms with van der Waals surface area (Å²) in [5, 5.41) is 0. The first kappa shape index (κ1) is 10.1. The van der Waals surface area contributed by atoms with Crippen LogP contribution in [0, 0.1) is 23.2 Å². The van der Waals surface area contributed by atoms with Crippen LogP contribution in [0.15, 0.2) is 0 Å². The molecule has 0 aromatic rings. The van der Waals surface area contributed by atoms with Crippen molar-refractivity contribution in [2.75, 3.05) is 0 Å². The van der Waals surface area contributed by atoms with Crippen molar-refractivity contribution in [2.24, 2.45) is 28.9 Å². The fourth-order valence-corrected chi connectivity index (χ4v) is 5.09. The monoisotopic (exact) mass is 223 g/mol. The van der Waals surface area contributed by atoms with Gasteiger partial charge < -0.3 is 5.73 Å². The Morgan fingerprint density at radius 3 is 1.93 bits per heavy atom. The lowest BCUT2D eigenvalue weighted by Crippen LogP contribution is -2.46. The molecule has 0 aliphatic heterocycles. The van der Waals surface area contributed by atoms with Gasteiger partial charge >= 0.3 is 0 Å². The summed E-state index contributed by atoms with van der Waals surface area (Å²) in [5.41, 5.74) is 6.32. The summed E-state index contributed by atoms with van der Waals surface area (Å²) in [6.07, 6.45) is 11.3. The van der Waals surface area contributed by atoms with Crippen molar-refractivity contribution in [3.05, 3.63) is 0 Å². The van der Waals surface area contributed by atoms with E-state index in [0.29, 0.717) is 5.41 Å². The average Bonchev–Trinajstić information content (AvgIpc) is 2.12. The van der Waals surface area contributed by atoms with E-state index in [0.717, 1.165) is 29.2 Å². The Bertz CT molecular complexity index is 249. The predicted octanol–water partition coefficient (Wildman–Crippen LogP) is 3.27. The van der Waals surface area contributed by atoms with Gasteiger partial charge in [-0.05, 0) is 74.5 Å². The van der Waals surface area contributed by atoms with Gasteiger partial charge in [-0.2, -0.15) is 0 Å². The Morgan fingerprint density at radius 1 is 1.07 bits per heavy atom. The van der Waals surface area contributed by atoms with E-state index in [-0.39, 0.29) is 0 Å². The molecule has 0 aromatic carbocycles. The summed E-state index contributed by atoms with van der Waals surface area (Å²) in [4.78, 5) is 0.728. The van der Waals surface area contributed by atoms with Crippen LogP contribution in [0.3, 0.4) is 0 Å². The van der Waals surface area contributed by atoms with Crippen LogP contribution in [0.5, 0.6) is 0 Å². The first-order valence-corrected chi connectivity index (χ1v) is 6.84. The molecule has 2 N–H and O–H groups in total. The Kier molecular flexibility index (Phi) is 2.31. The highest BCUT2D eigenvalue weighted by Crippen LogP contribution is 2.61. The summed E-state index contributed by atoms with van der Waals surface area (Å²) in [7, 11) is 0. The molecule has 0 radical (unpaired) electrons. The molecule has 4 aliphatic rings. The molecule has 0 heterocycles. The number of hydrogen-bond acceptors (Lipinski definition) is 1. The third-order valence-corrected chi connectivity index (χ3v) is 5.27. The van der Waals surface area contributed by atoms with Crippen molar-refractivity contribution in [3.63, 3.8) is 0 Å². The van der Waals surface area contributed by atoms with Gasteiger partial charge in [0, 0.05) is 0 Å². The number of nitrogens with two attached hydrogens (primary N) is 1. The van der Waals surface area contributed by atoms with Crippen molar-refractivity contribution in [3.8, 4) is 0 Å². The fourth-order valence-electron chi connectivity index (χ4n) is 4.98. The molecule has 4 rings (SSSR count). The van der Waals surface area contributed by atoms with E-state index in [2.05, 4.69) is 0 Å². The zero-order chi connectivity index (χ0) is 10.5. The molecule has 0 amide bonds. The SMILES string of the molecule is NC(=S)CCC12CC3CC(CC(C3)C1)C2. The van der Waals surface area contributed by atoms with Crippen molar-refractivity contribution in [1.82, 2.24) is 0 Å². The predicted molar refractivity (Wildman–Crippen MR) is 66.6 cm³/mol. The molecular weight excluding hydrogens is 202 g/mol. The van der Waals surface area contributed by atoms with E-state index in [1.165, 1.54) is 44.9 Å². The minimum atomic E-state index is 0.665. The van der Waals surface area contributed by atoms with Gasteiger partial charge in [0.1, 0.15) is 0 Å². The van der Waals surface area contributed by atoms with Crippen LogP contribution in [0.4, 0.5) is 0 Å². The second-order valence-electron chi connectivity index (χ2n) is 6.38. The zero-order valence-electron chi connectivity index (χ0n) is 9.37. The first-order chi connectivity index (χ1) is 7.15.